The Morgan fingerprint density at radius 3 is 2.79 bits per heavy atom. The normalized spacial score (nSPS) is 12.2. The van der Waals surface area contributed by atoms with E-state index in [2.05, 4.69) is 10.3 Å². The minimum absolute atomic E-state index is 0.0330. The summed E-state index contributed by atoms with van der Waals surface area (Å²) in [5.41, 5.74) is 2.52. The highest BCUT2D eigenvalue weighted by Crippen LogP contribution is 2.15. The van der Waals surface area contributed by atoms with Gasteiger partial charge in [-0.25, -0.2) is 0 Å². The SMILES string of the molecule is CC.Cc1cc2c(c(=O)[nH]1)NCC=C2. The first-order chi connectivity index (χ1) is 6.77. The molecule has 0 bridgehead atoms. The molecule has 1 aromatic heterocycles. The molecule has 0 unspecified atom stereocenters. The van der Waals surface area contributed by atoms with Gasteiger partial charge in [0.15, 0.2) is 0 Å². The lowest BCUT2D eigenvalue weighted by atomic mass is 10.1. The third-order valence-corrected chi connectivity index (χ3v) is 1.89. The molecule has 2 N–H and O–H groups in total. The first kappa shape index (κ1) is 10.6. The van der Waals surface area contributed by atoms with Crippen molar-refractivity contribution in [2.24, 2.45) is 0 Å². The van der Waals surface area contributed by atoms with Crippen LogP contribution in [-0.4, -0.2) is 11.5 Å². The van der Waals surface area contributed by atoms with Crippen molar-refractivity contribution in [2.45, 2.75) is 20.8 Å². The number of H-pyrrole nitrogens is 1. The zero-order valence-corrected chi connectivity index (χ0v) is 8.85. The van der Waals surface area contributed by atoms with Crippen LogP contribution in [0.15, 0.2) is 16.9 Å². The first-order valence-corrected chi connectivity index (χ1v) is 4.92. The van der Waals surface area contributed by atoms with Gasteiger partial charge < -0.3 is 10.3 Å². The Bertz CT molecular complexity index is 391. The van der Waals surface area contributed by atoms with Gasteiger partial charge in [-0.15, -0.1) is 0 Å². The van der Waals surface area contributed by atoms with Crippen LogP contribution in [0.5, 0.6) is 0 Å². The molecule has 1 aliphatic rings. The van der Waals surface area contributed by atoms with Gasteiger partial charge in [0.25, 0.3) is 5.56 Å². The second-order valence-electron chi connectivity index (χ2n) is 2.90. The smallest absolute Gasteiger partial charge is 0.272 e. The molecule has 76 valence electrons. The molecule has 3 nitrogen and oxygen atoms in total. The van der Waals surface area contributed by atoms with Crippen LogP contribution in [0.25, 0.3) is 6.08 Å². The number of hydrogen-bond donors (Lipinski definition) is 2. The van der Waals surface area contributed by atoms with Gasteiger partial charge in [-0.1, -0.05) is 26.0 Å². The van der Waals surface area contributed by atoms with Crippen LogP contribution in [0, 0.1) is 6.92 Å². The average molecular weight is 192 g/mol. The Morgan fingerprint density at radius 1 is 1.36 bits per heavy atom. The molecule has 0 saturated heterocycles. The molecule has 1 aliphatic heterocycles. The van der Waals surface area contributed by atoms with Gasteiger partial charge in [-0.05, 0) is 13.0 Å². The van der Waals surface area contributed by atoms with E-state index in [-0.39, 0.29) is 5.56 Å². The molecule has 14 heavy (non-hydrogen) atoms. The maximum atomic E-state index is 11.3. The molecule has 0 radical (unpaired) electrons. The minimum Gasteiger partial charge on any atom is -0.377 e. The Morgan fingerprint density at radius 2 is 2.07 bits per heavy atom. The third kappa shape index (κ3) is 2.05. The maximum Gasteiger partial charge on any atom is 0.272 e. The molecule has 2 heterocycles. The molecule has 0 fully saturated rings. The largest absolute Gasteiger partial charge is 0.377 e. The van der Waals surface area contributed by atoms with E-state index in [4.69, 9.17) is 0 Å². The molecule has 2 rings (SSSR count). The van der Waals surface area contributed by atoms with Gasteiger partial charge in [0.1, 0.15) is 5.69 Å². The van der Waals surface area contributed by atoms with E-state index in [1.165, 1.54) is 0 Å². The Balaban J connectivity index is 0.000000461. The summed E-state index contributed by atoms with van der Waals surface area (Å²) >= 11 is 0. The molecule has 0 aromatic carbocycles. The topological polar surface area (TPSA) is 44.9 Å². The Kier molecular flexibility index (Phi) is 3.51. The average Bonchev–Trinajstić information content (AvgIpc) is 2.20. The second-order valence-corrected chi connectivity index (χ2v) is 2.90. The zero-order chi connectivity index (χ0) is 10.6. The van der Waals surface area contributed by atoms with E-state index in [0.717, 1.165) is 17.8 Å². The molecule has 0 saturated carbocycles. The molecular weight excluding hydrogens is 176 g/mol. The fraction of sp³-hybridized carbons (Fsp3) is 0.364. The van der Waals surface area contributed by atoms with Crippen molar-refractivity contribution in [3.8, 4) is 0 Å². The molecule has 0 aliphatic carbocycles. The number of pyridine rings is 1. The van der Waals surface area contributed by atoms with E-state index in [1.807, 2.05) is 39.0 Å². The lowest BCUT2D eigenvalue weighted by Crippen LogP contribution is -2.18. The summed E-state index contributed by atoms with van der Waals surface area (Å²) in [7, 11) is 0. The predicted molar refractivity (Wildman–Crippen MR) is 60.7 cm³/mol. The summed E-state index contributed by atoms with van der Waals surface area (Å²) in [5.74, 6) is 0. The van der Waals surface area contributed by atoms with E-state index < -0.39 is 0 Å². The van der Waals surface area contributed by atoms with E-state index in [0.29, 0.717) is 5.69 Å². The van der Waals surface area contributed by atoms with Crippen molar-refractivity contribution in [3.05, 3.63) is 33.8 Å². The highest BCUT2D eigenvalue weighted by atomic mass is 16.1. The lowest BCUT2D eigenvalue weighted by molar-refractivity contribution is 1.12. The third-order valence-electron chi connectivity index (χ3n) is 1.89. The van der Waals surface area contributed by atoms with Crippen LogP contribution in [0.2, 0.25) is 0 Å². The molecule has 1 aromatic rings. The van der Waals surface area contributed by atoms with Gasteiger partial charge in [0, 0.05) is 17.8 Å². The highest BCUT2D eigenvalue weighted by molar-refractivity contribution is 5.69. The number of rotatable bonds is 0. The molecule has 0 atom stereocenters. The van der Waals surface area contributed by atoms with Crippen molar-refractivity contribution in [1.29, 1.82) is 0 Å². The van der Waals surface area contributed by atoms with Crippen LogP contribution in [0.3, 0.4) is 0 Å². The van der Waals surface area contributed by atoms with Crippen LogP contribution >= 0.6 is 0 Å². The van der Waals surface area contributed by atoms with E-state index >= 15 is 0 Å². The van der Waals surface area contributed by atoms with Gasteiger partial charge in [0.2, 0.25) is 0 Å². The van der Waals surface area contributed by atoms with Crippen LogP contribution < -0.4 is 10.9 Å². The second kappa shape index (κ2) is 4.65. The number of hydrogen-bond acceptors (Lipinski definition) is 2. The van der Waals surface area contributed by atoms with Crippen molar-refractivity contribution in [2.75, 3.05) is 11.9 Å². The fourth-order valence-electron chi connectivity index (χ4n) is 1.37. The van der Waals surface area contributed by atoms with Gasteiger partial charge in [0.05, 0.1) is 0 Å². The van der Waals surface area contributed by atoms with E-state index in [1.54, 1.807) is 0 Å². The predicted octanol–water partition coefficient (Wildman–Crippen LogP) is 2.15. The van der Waals surface area contributed by atoms with Gasteiger partial charge in [-0.3, -0.25) is 4.79 Å². The maximum absolute atomic E-state index is 11.3. The number of nitrogens with one attached hydrogen (secondary N) is 2. The van der Waals surface area contributed by atoms with Crippen molar-refractivity contribution >= 4 is 11.8 Å². The number of aromatic nitrogens is 1. The molecule has 0 spiro atoms. The Hall–Kier alpha value is -1.51. The summed E-state index contributed by atoms with van der Waals surface area (Å²) in [6, 6.07) is 1.96. The van der Waals surface area contributed by atoms with Crippen LogP contribution in [0.1, 0.15) is 25.1 Å². The minimum atomic E-state index is -0.0330. The number of anilines is 1. The number of aromatic amines is 1. The number of aryl methyl sites for hydroxylation is 1. The fourth-order valence-corrected chi connectivity index (χ4v) is 1.37. The summed E-state index contributed by atoms with van der Waals surface area (Å²) in [4.78, 5) is 14.1. The van der Waals surface area contributed by atoms with Crippen molar-refractivity contribution in [3.63, 3.8) is 0 Å². The van der Waals surface area contributed by atoms with Gasteiger partial charge >= 0.3 is 0 Å². The summed E-state index contributed by atoms with van der Waals surface area (Å²) in [6.07, 6.45) is 3.97. The Labute approximate surface area is 83.9 Å². The summed E-state index contributed by atoms with van der Waals surface area (Å²) < 4.78 is 0. The quantitative estimate of drug-likeness (QED) is 0.661. The highest BCUT2D eigenvalue weighted by Gasteiger charge is 2.07. The molecule has 3 heteroatoms. The molecule has 0 amide bonds. The molecular formula is C11H16N2O. The van der Waals surface area contributed by atoms with Crippen LogP contribution in [0.4, 0.5) is 5.69 Å². The van der Waals surface area contributed by atoms with Gasteiger partial charge in [-0.2, -0.15) is 0 Å². The van der Waals surface area contributed by atoms with Crippen molar-refractivity contribution < 1.29 is 0 Å². The summed E-state index contributed by atoms with van der Waals surface area (Å²) in [6.45, 7) is 6.61. The first-order valence-electron chi connectivity index (χ1n) is 4.92. The van der Waals surface area contributed by atoms with Crippen molar-refractivity contribution in [1.82, 2.24) is 4.98 Å². The summed E-state index contributed by atoms with van der Waals surface area (Å²) in [5, 5.41) is 3.03. The van der Waals surface area contributed by atoms with Crippen LogP contribution in [-0.2, 0) is 0 Å². The standard InChI is InChI=1S/C9H10N2O.C2H6/c1-6-5-7-3-2-4-10-8(7)9(12)11-6;1-2/h2-3,5,10H,4H2,1H3,(H,11,12);1-2H3. The lowest BCUT2D eigenvalue weighted by Gasteiger charge is -2.11. The zero-order valence-electron chi connectivity index (χ0n) is 8.85. The van der Waals surface area contributed by atoms with E-state index in [9.17, 15) is 4.79 Å². The number of fused-ring (bicyclic) bond motifs is 1. The monoisotopic (exact) mass is 192 g/mol.